The molecule has 0 aliphatic heterocycles. The van der Waals surface area contributed by atoms with Gasteiger partial charge in [0.15, 0.2) is 0 Å². The maximum Gasteiger partial charge on any atom is 0.239 e. The molecule has 2 aromatic rings. The monoisotopic (exact) mass is 380 g/mol. The summed E-state index contributed by atoms with van der Waals surface area (Å²) in [6.07, 6.45) is 0. The molecule has 0 fully saturated rings. The Morgan fingerprint density at radius 2 is 1.86 bits per heavy atom. The van der Waals surface area contributed by atoms with Crippen molar-refractivity contribution < 1.29 is 4.79 Å². The van der Waals surface area contributed by atoms with Crippen LogP contribution in [0, 0.1) is 31.1 Å². The number of rotatable bonds is 8. The van der Waals surface area contributed by atoms with E-state index < -0.39 is 0 Å². The molecule has 1 N–H and O–H groups in total. The number of nitriles is 1. The molecular weight excluding hydrogens is 348 g/mol. The highest BCUT2D eigenvalue weighted by Gasteiger charge is 2.22. The highest BCUT2D eigenvalue weighted by molar-refractivity contribution is 5.93. The van der Waals surface area contributed by atoms with Crippen molar-refractivity contribution in [2.75, 3.05) is 18.4 Å². The van der Waals surface area contributed by atoms with Crippen LogP contribution in [-0.4, -0.2) is 34.5 Å². The number of carbonyl (C=O) groups is 1. The van der Waals surface area contributed by atoms with Gasteiger partial charge in [0.05, 0.1) is 12.1 Å². The summed E-state index contributed by atoms with van der Waals surface area (Å²) in [6.45, 7) is 14.2. The van der Waals surface area contributed by atoms with E-state index >= 15 is 0 Å². The molecule has 0 radical (unpaired) electrons. The zero-order valence-corrected chi connectivity index (χ0v) is 17.9. The Labute approximate surface area is 169 Å². The maximum absolute atomic E-state index is 12.8. The average molecular weight is 381 g/mol. The minimum atomic E-state index is -0.0855. The van der Waals surface area contributed by atoms with Gasteiger partial charge in [-0.1, -0.05) is 51.1 Å². The topological polar surface area (TPSA) is 61.1 Å². The third-order valence-electron chi connectivity index (χ3n) is 5.68. The molecular formula is C23H32N4O. The van der Waals surface area contributed by atoms with E-state index in [-0.39, 0.29) is 5.91 Å². The molecule has 0 saturated carbocycles. The maximum atomic E-state index is 12.8. The van der Waals surface area contributed by atoms with Crippen LogP contribution in [0.3, 0.4) is 0 Å². The van der Waals surface area contributed by atoms with Crippen LogP contribution in [-0.2, 0) is 11.3 Å². The van der Waals surface area contributed by atoms with E-state index in [4.69, 9.17) is 0 Å². The van der Waals surface area contributed by atoms with Crippen LogP contribution in [0.1, 0.15) is 50.1 Å². The summed E-state index contributed by atoms with van der Waals surface area (Å²) in [4.78, 5) is 15.0. The molecule has 1 amide bonds. The first-order valence-electron chi connectivity index (χ1n) is 9.97. The first kappa shape index (κ1) is 21.7. The minimum absolute atomic E-state index is 0.0855. The van der Waals surface area contributed by atoms with Crippen molar-refractivity contribution in [3.8, 4) is 6.07 Å². The Kier molecular flexibility index (Phi) is 7.42. The fourth-order valence-electron chi connectivity index (χ4n) is 3.42. The molecule has 0 spiro atoms. The van der Waals surface area contributed by atoms with Gasteiger partial charge in [0.1, 0.15) is 11.9 Å². The van der Waals surface area contributed by atoms with Crippen LogP contribution < -0.4 is 5.32 Å². The first-order valence-corrected chi connectivity index (χ1v) is 9.97. The van der Waals surface area contributed by atoms with Gasteiger partial charge in [-0.2, -0.15) is 5.26 Å². The van der Waals surface area contributed by atoms with Crippen molar-refractivity contribution in [1.82, 2.24) is 9.47 Å². The third-order valence-corrected chi connectivity index (χ3v) is 5.68. The molecule has 0 bridgehead atoms. The molecule has 1 aromatic carbocycles. The third kappa shape index (κ3) is 4.82. The van der Waals surface area contributed by atoms with E-state index in [0.29, 0.717) is 36.4 Å². The highest BCUT2D eigenvalue weighted by atomic mass is 16.2. The van der Waals surface area contributed by atoms with Gasteiger partial charge in [-0.3, -0.25) is 9.69 Å². The Hall–Kier alpha value is -2.58. The predicted molar refractivity (Wildman–Crippen MR) is 114 cm³/mol. The van der Waals surface area contributed by atoms with Crippen molar-refractivity contribution >= 4 is 11.7 Å². The van der Waals surface area contributed by atoms with Crippen LogP contribution in [0.2, 0.25) is 0 Å². The lowest BCUT2D eigenvalue weighted by Crippen LogP contribution is -2.42. The summed E-state index contributed by atoms with van der Waals surface area (Å²) < 4.78 is 2.03. The van der Waals surface area contributed by atoms with E-state index in [1.54, 1.807) is 0 Å². The van der Waals surface area contributed by atoms with Crippen LogP contribution in [0.25, 0.3) is 0 Å². The van der Waals surface area contributed by atoms with E-state index in [1.165, 1.54) is 0 Å². The SMILES string of the molecule is CCN(CC(=O)Nc1c(C#N)c(C)c(C)n1Cc1ccccc1)C(C)C(C)C. The molecule has 1 heterocycles. The van der Waals surface area contributed by atoms with Crippen molar-refractivity contribution in [3.05, 3.63) is 52.7 Å². The van der Waals surface area contributed by atoms with Crippen LogP contribution >= 0.6 is 0 Å². The molecule has 28 heavy (non-hydrogen) atoms. The van der Waals surface area contributed by atoms with Gasteiger partial charge >= 0.3 is 0 Å². The number of anilines is 1. The number of hydrogen-bond acceptors (Lipinski definition) is 3. The molecule has 0 aliphatic carbocycles. The predicted octanol–water partition coefficient (Wildman–Crippen LogP) is 4.33. The summed E-state index contributed by atoms with van der Waals surface area (Å²) in [6, 6.07) is 12.7. The number of aromatic nitrogens is 1. The number of hydrogen-bond donors (Lipinski definition) is 1. The Bertz CT molecular complexity index is 846. The number of nitrogens with one attached hydrogen (secondary N) is 1. The molecule has 0 aliphatic rings. The lowest BCUT2D eigenvalue weighted by Gasteiger charge is -2.30. The number of nitrogens with zero attached hydrogens (tertiary/aromatic N) is 3. The Morgan fingerprint density at radius 1 is 1.21 bits per heavy atom. The van der Waals surface area contributed by atoms with E-state index in [2.05, 4.69) is 56.1 Å². The summed E-state index contributed by atoms with van der Waals surface area (Å²) >= 11 is 0. The number of benzene rings is 1. The van der Waals surface area contributed by atoms with Gasteiger partial charge in [0.25, 0.3) is 0 Å². The number of carbonyl (C=O) groups excluding carboxylic acids is 1. The standard InChI is InChI=1S/C23H32N4O/c1-7-26(18(5)16(2)3)15-22(28)25-23-21(13-24)17(4)19(6)27(23)14-20-11-9-8-10-12-20/h8-12,16,18H,7,14-15H2,1-6H3,(H,25,28). The Balaban J connectivity index is 2.30. The van der Waals surface area contributed by atoms with Crippen LogP contribution in [0.5, 0.6) is 0 Å². The smallest absolute Gasteiger partial charge is 0.239 e. The van der Waals surface area contributed by atoms with Gasteiger partial charge < -0.3 is 9.88 Å². The zero-order valence-electron chi connectivity index (χ0n) is 17.9. The molecule has 1 aromatic heterocycles. The Morgan fingerprint density at radius 3 is 2.39 bits per heavy atom. The summed E-state index contributed by atoms with van der Waals surface area (Å²) in [5, 5.41) is 12.7. The lowest BCUT2D eigenvalue weighted by atomic mass is 10.0. The molecule has 0 saturated heterocycles. The molecule has 2 rings (SSSR count). The van der Waals surface area contributed by atoms with Crippen LogP contribution in [0.4, 0.5) is 5.82 Å². The van der Waals surface area contributed by atoms with Crippen molar-refractivity contribution in [2.45, 2.75) is 54.1 Å². The van der Waals surface area contributed by atoms with Crippen molar-refractivity contribution in [3.63, 3.8) is 0 Å². The van der Waals surface area contributed by atoms with E-state index in [1.807, 2.05) is 36.6 Å². The molecule has 1 unspecified atom stereocenters. The van der Waals surface area contributed by atoms with Gasteiger partial charge in [0.2, 0.25) is 5.91 Å². The second kappa shape index (κ2) is 9.57. The average Bonchev–Trinajstić information content (AvgIpc) is 2.90. The van der Waals surface area contributed by atoms with Gasteiger partial charge in [-0.15, -0.1) is 0 Å². The lowest BCUT2D eigenvalue weighted by molar-refractivity contribution is -0.118. The summed E-state index contributed by atoms with van der Waals surface area (Å²) in [5.41, 5.74) is 3.58. The largest absolute Gasteiger partial charge is 0.326 e. The number of amides is 1. The quantitative estimate of drug-likeness (QED) is 0.741. The van der Waals surface area contributed by atoms with Gasteiger partial charge in [-0.25, -0.2) is 0 Å². The second-order valence-corrected chi connectivity index (χ2v) is 7.71. The first-order chi connectivity index (χ1) is 13.3. The molecule has 5 nitrogen and oxygen atoms in total. The molecule has 5 heteroatoms. The highest BCUT2D eigenvalue weighted by Crippen LogP contribution is 2.27. The van der Waals surface area contributed by atoms with E-state index in [0.717, 1.165) is 23.4 Å². The van der Waals surface area contributed by atoms with Crippen LogP contribution in [0.15, 0.2) is 30.3 Å². The fourth-order valence-corrected chi connectivity index (χ4v) is 3.42. The fraction of sp³-hybridized carbons (Fsp3) is 0.478. The second-order valence-electron chi connectivity index (χ2n) is 7.71. The number of likely N-dealkylation sites (N-methyl/N-ethyl adjacent to an activating group) is 1. The van der Waals surface area contributed by atoms with Crippen molar-refractivity contribution in [1.29, 1.82) is 5.26 Å². The zero-order chi connectivity index (χ0) is 20.8. The molecule has 150 valence electrons. The normalized spacial score (nSPS) is 12.2. The molecule has 1 atom stereocenters. The summed E-state index contributed by atoms with van der Waals surface area (Å²) in [7, 11) is 0. The minimum Gasteiger partial charge on any atom is -0.326 e. The van der Waals surface area contributed by atoms with Crippen molar-refractivity contribution in [2.24, 2.45) is 5.92 Å². The van der Waals surface area contributed by atoms with Gasteiger partial charge in [-0.05, 0) is 44.4 Å². The summed E-state index contributed by atoms with van der Waals surface area (Å²) in [5.74, 6) is 0.978. The van der Waals surface area contributed by atoms with E-state index in [9.17, 15) is 10.1 Å². The van der Waals surface area contributed by atoms with Gasteiger partial charge in [0, 0.05) is 18.3 Å².